The van der Waals surface area contributed by atoms with E-state index >= 15 is 0 Å². The Morgan fingerprint density at radius 3 is 3.12 bits per heavy atom. The molecule has 3 nitrogen and oxygen atoms in total. The summed E-state index contributed by atoms with van der Waals surface area (Å²) in [6.07, 6.45) is 1.23. The molecule has 1 aromatic rings. The third-order valence-corrected chi connectivity index (χ3v) is 3.28. The van der Waals surface area contributed by atoms with Gasteiger partial charge in [-0.2, -0.15) is 0 Å². The van der Waals surface area contributed by atoms with Crippen molar-refractivity contribution in [2.75, 3.05) is 33.3 Å². The zero-order chi connectivity index (χ0) is 11.4. The molecule has 1 aliphatic rings. The lowest BCUT2D eigenvalue weighted by Crippen LogP contribution is -2.26. The van der Waals surface area contributed by atoms with Crippen LogP contribution in [0.5, 0.6) is 5.75 Å². The Kier molecular flexibility index (Phi) is 3.80. The quantitative estimate of drug-likeness (QED) is 0.834. The SMILES string of the molecule is COc1cccc([C@@H]2CCN(CCN)C2)c1. The van der Waals surface area contributed by atoms with Crippen LogP contribution < -0.4 is 10.5 Å². The van der Waals surface area contributed by atoms with Gasteiger partial charge in [-0.1, -0.05) is 12.1 Å². The third-order valence-electron chi connectivity index (χ3n) is 3.28. The molecule has 0 radical (unpaired) electrons. The average Bonchev–Trinajstić information content (AvgIpc) is 2.78. The van der Waals surface area contributed by atoms with Gasteiger partial charge in [0.15, 0.2) is 0 Å². The standard InChI is InChI=1S/C13H20N2O/c1-16-13-4-2-3-11(9-13)12-5-7-15(10-12)8-6-14/h2-4,9,12H,5-8,10,14H2,1H3/t12-/m1/s1. The fourth-order valence-corrected chi connectivity index (χ4v) is 2.39. The van der Waals surface area contributed by atoms with Crippen LogP contribution in [0.1, 0.15) is 17.9 Å². The van der Waals surface area contributed by atoms with Crippen LogP contribution in [0.3, 0.4) is 0 Å². The van der Waals surface area contributed by atoms with Gasteiger partial charge >= 0.3 is 0 Å². The Bertz CT molecular complexity index is 340. The summed E-state index contributed by atoms with van der Waals surface area (Å²) < 4.78 is 5.26. The Hall–Kier alpha value is -1.06. The maximum atomic E-state index is 5.58. The molecule has 1 saturated heterocycles. The van der Waals surface area contributed by atoms with Crippen LogP contribution in [-0.4, -0.2) is 38.2 Å². The highest BCUT2D eigenvalue weighted by atomic mass is 16.5. The van der Waals surface area contributed by atoms with Gasteiger partial charge in [0, 0.05) is 19.6 Å². The van der Waals surface area contributed by atoms with Crippen molar-refractivity contribution >= 4 is 0 Å². The second kappa shape index (κ2) is 5.32. The predicted octanol–water partition coefficient (Wildman–Crippen LogP) is 1.44. The minimum Gasteiger partial charge on any atom is -0.497 e. The normalized spacial score (nSPS) is 21.2. The van der Waals surface area contributed by atoms with E-state index in [0.717, 1.165) is 25.4 Å². The second-order valence-corrected chi connectivity index (χ2v) is 4.35. The molecule has 0 aliphatic carbocycles. The van der Waals surface area contributed by atoms with Crippen LogP contribution in [-0.2, 0) is 0 Å². The molecule has 2 N–H and O–H groups in total. The molecule has 2 rings (SSSR count). The van der Waals surface area contributed by atoms with Crippen molar-refractivity contribution < 1.29 is 4.74 Å². The number of benzene rings is 1. The fraction of sp³-hybridized carbons (Fsp3) is 0.538. The Morgan fingerprint density at radius 2 is 2.38 bits per heavy atom. The minimum absolute atomic E-state index is 0.640. The fourth-order valence-electron chi connectivity index (χ4n) is 2.39. The van der Waals surface area contributed by atoms with Gasteiger partial charge in [0.2, 0.25) is 0 Å². The van der Waals surface area contributed by atoms with E-state index in [1.54, 1.807) is 7.11 Å². The molecular formula is C13H20N2O. The average molecular weight is 220 g/mol. The molecule has 16 heavy (non-hydrogen) atoms. The first-order valence-corrected chi connectivity index (χ1v) is 5.90. The van der Waals surface area contributed by atoms with Crippen LogP contribution in [0, 0.1) is 0 Å². The molecule has 0 bridgehead atoms. The van der Waals surface area contributed by atoms with Crippen molar-refractivity contribution in [3.05, 3.63) is 29.8 Å². The van der Waals surface area contributed by atoms with Crippen LogP contribution >= 0.6 is 0 Å². The predicted molar refractivity (Wildman–Crippen MR) is 65.8 cm³/mol. The van der Waals surface area contributed by atoms with E-state index in [1.807, 2.05) is 6.07 Å². The van der Waals surface area contributed by atoms with Crippen LogP contribution in [0.2, 0.25) is 0 Å². The minimum atomic E-state index is 0.640. The molecule has 0 amide bonds. The van der Waals surface area contributed by atoms with Crippen LogP contribution in [0.4, 0.5) is 0 Å². The van der Waals surface area contributed by atoms with E-state index in [1.165, 1.54) is 18.5 Å². The van der Waals surface area contributed by atoms with Gasteiger partial charge in [-0.05, 0) is 36.6 Å². The number of likely N-dealkylation sites (tertiary alicyclic amines) is 1. The summed E-state index contributed by atoms with van der Waals surface area (Å²) in [5.74, 6) is 1.59. The number of nitrogens with two attached hydrogens (primary N) is 1. The highest BCUT2D eigenvalue weighted by Crippen LogP contribution is 2.28. The van der Waals surface area contributed by atoms with E-state index < -0.39 is 0 Å². The van der Waals surface area contributed by atoms with Gasteiger partial charge in [0.25, 0.3) is 0 Å². The summed E-state index contributed by atoms with van der Waals surface area (Å²) in [6.45, 7) is 4.06. The van der Waals surface area contributed by atoms with Gasteiger partial charge in [0.05, 0.1) is 7.11 Å². The number of methoxy groups -OCH3 is 1. The van der Waals surface area contributed by atoms with Gasteiger partial charge < -0.3 is 15.4 Å². The summed E-state index contributed by atoms with van der Waals surface area (Å²) in [5.41, 5.74) is 6.96. The number of ether oxygens (including phenoxy) is 1. The van der Waals surface area contributed by atoms with E-state index in [-0.39, 0.29) is 0 Å². The lowest BCUT2D eigenvalue weighted by atomic mass is 9.98. The molecule has 0 aromatic heterocycles. The Balaban J connectivity index is 2.02. The highest BCUT2D eigenvalue weighted by molar-refractivity contribution is 5.31. The summed E-state index contributed by atoms with van der Waals surface area (Å²) in [4.78, 5) is 2.43. The van der Waals surface area contributed by atoms with Gasteiger partial charge in [-0.15, -0.1) is 0 Å². The summed E-state index contributed by atoms with van der Waals surface area (Å²) in [6, 6.07) is 8.41. The Morgan fingerprint density at radius 1 is 1.50 bits per heavy atom. The van der Waals surface area contributed by atoms with Crippen molar-refractivity contribution in [1.82, 2.24) is 4.90 Å². The molecule has 1 atom stereocenters. The first-order valence-electron chi connectivity index (χ1n) is 5.90. The zero-order valence-corrected chi connectivity index (χ0v) is 9.86. The van der Waals surface area contributed by atoms with E-state index in [0.29, 0.717) is 5.92 Å². The molecule has 1 fully saturated rings. The van der Waals surface area contributed by atoms with Crippen molar-refractivity contribution in [2.45, 2.75) is 12.3 Å². The molecule has 1 aromatic carbocycles. The lowest BCUT2D eigenvalue weighted by Gasteiger charge is -2.15. The van der Waals surface area contributed by atoms with Crippen molar-refractivity contribution in [1.29, 1.82) is 0 Å². The lowest BCUT2D eigenvalue weighted by molar-refractivity contribution is 0.344. The number of hydrogen-bond acceptors (Lipinski definition) is 3. The number of hydrogen-bond donors (Lipinski definition) is 1. The highest BCUT2D eigenvalue weighted by Gasteiger charge is 2.23. The first kappa shape index (κ1) is 11.4. The second-order valence-electron chi connectivity index (χ2n) is 4.35. The van der Waals surface area contributed by atoms with Crippen molar-refractivity contribution in [3.8, 4) is 5.75 Å². The molecule has 88 valence electrons. The van der Waals surface area contributed by atoms with Crippen molar-refractivity contribution in [2.24, 2.45) is 5.73 Å². The first-order chi connectivity index (χ1) is 7.83. The smallest absolute Gasteiger partial charge is 0.119 e. The van der Waals surface area contributed by atoms with E-state index in [4.69, 9.17) is 10.5 Å². The topological polar surface area (TPSA) is 38.5 Å². The molecule has 0 spiro atoms. The largest absolute Gasteiger partial charge is 0.497 e. The summed E-state index contributed by atoms with van der Waals surface area (Å²) in [7, 11) is 1.72. The molecular weight excluding hydrogens is 200 g/mol. The van der Waals surface area contributed by atoms with Crippen molar-refractivity contribution in [3.63, 3.8) is 0 Å². The van der Waals surface area contributed by atoms with Crippen LogP contribution in [0.25, 0.3) is 0 Å². The maximum absolute atomic E-state index is 5.58. The summed E-state index contributed by atoms with van der Waals surface area (Å²) >= 11 is 0. The van der Waals surface area contributed by atoms with E-state index in [2.05, 4.69) is 23.1 Å². The monoisotopic (exact) mass is 220 g/mol. The number of rotatable bonds is 4. The summed E-state index contributed by atoms with van der Waals surface area (Å²) in [5, 5.41) is 0. The molecule has 1 aliphatic heterocycles. The molecule has 0 unspecified atom stereocenters. The van der Waals surface area contributed by atoms with Gasteiger partial charge in [0.1, 0.15) is 5.75 Å². The maximum Gasteiger partial charge on any atom is 0.119 e. The zero-order valence-electron chi connectivity index (χ0n) is 9.86. The Labute approximate surface area is 97.2 Å². The van der Waals surface area contributed by atoms with Crippen LogP contribution in [0.15, 0.2) is 24.3 Å². The third kappa shape index (κ3) is 2.54. The molecule has 1 heterocycles. The van der Waals surface area contributed by atoms with E-state index in [9.17, 15) is 0 Å². The molecule has 0 saturated carbocycles. The number of nitrogens with zero attached hydrogens (tertiary/aromatic N) is 1. The molecule has 3 heteroatoms. The van der Waals surface area contributed by atoms with Gasteiger partial charge in [-0.3, -0.25) is 0 Å². The van der Waals surface area contributed by atoms with Gasteiger partial charge in [-0.25, -0.2) is 0 Å².